The van der Waals surface area contributed by atoms with Crippen LogP contribution in [0.5, 0.6) is 0 Å². The molecular formula is C13H32N2O2. The van der Waals surface area contributed by atoms with E-state index in [9.17, 15) is 0 Å². The number of nitrogens with zero attached hydrogens (tertiary/aromatic N) is 1. The maximum absolute atomic E-state index is 8.15. The summed E-state index contributed by atoms with van der Waals surface area (Å²) in [6.45, 7) is 12.0. The highest BCUT2D eigenvalue weighted by atomic mass is 16.3. The van der Waals surface area contributed by atoms with Crippen LogP contribution in [-0.4, -0.2) is 61.1 Å². The third kappa shape index (κ3) is 18.4. The molecule has 0 heterocycles. The zero-order valence-corrected chi connectivity index (χ0v) is 11.9. The van der Waals surface area contributed by atoms with Crippen molar-refractivity contribution >= 4 is 0 Å². The van der Waals surface area contributed by atoms with Gasteiger partial charge in [0, 0.05) is 13.1 Å². The van der Waals surface area contributed by atoms with E-state index in [-0.39, 0.29) is 13.2 Å². The average Bonchev–Trinajstić information content (AvgIpc) is 2.32. The summed E-state index contributed by atoms with van der Waals surface area (Å²) in [5.41, 5.74) is 0. The van der Waals surface area contributed by atoms with Gasteiger partial charge in [-0.25, -0.2) is 0 Å². The van der Waals surface area contributed by atoms with E-state index in [1.807, 2.05) is 0 Å². The lowest BCUT2D eigenvalue weighted by atomic mass is 10.3. The molecule has 0 spiro atoms. The van der Waals surface area contributed by atoms with Crippen LogP contribution in [0.15, 0.2) is 0 Å². The Bertz CT molecular complexity index is 106. The van der Waals surface area contributed by atoms with E-state index in [1.165, 1.54) is 38.9 Å². The second-order valence-electron chi connectivity index (χ2n) is 4.04. The predicted octanol–water partition coefficient (Wildman–Crippen LogP) is 1.08. The molecular weight excluding hydrogens is 216 g/mol. The Labute approximate surface area is 107 Å². The van der Waals surface area contributed by atoms with Crippen LogP contribution >= 0.6 is 0 Å². The van der Waals surface area contributed by atoms with E-state index in [4.69, 9.17) is 10.2 Å². The fourth-order valence-electron chi connectivity index (χ4n) is 1.57. The number of aliphatic hydroxyl groups is 2. The van der Waals surface area contributed by atoms with Crippen LogP contribution in [0.3, 0.4) is 0 Å². The van der Waals surface area contributed by atoms with Crippen molar-refractivity contribution in [3.63, 3.8) is 0 Å². The quantitative estimate of drug-likeness (QED) is 0.506. The van der Waals surface area contributed by atoms with Gasteiger partial charge in [-0.1, -0.05) is 20.8 Å². The van der Waals surface area contributed by atoms with Crippen LogP contribution in [0.25, 0.3) is 0 Å². The van der Waals surface area contributed by atoms with Crippen LogP contribution in [0.4, 0.5) is 0 Å². The molecule has 4 nitrogen and oxygen atoms in total. The first-order valence-electron chi connectivity index (χ1n) is 6.91. The van der Waals surface area contributed by atoms with Crippen LogP contribution < -0.4 is 5.32 Å². The Morgan fingerprint density at radius 3 is 1.35 bits per heavy atom. The zero-order chi connectivity index (χ0) is 13.4. The van der Waals surface area contributed by atoms with Gasteiger partial charge in [0.25, 0.3) is 0 Å². The molecule has 3 N–H and O–H groups in total. The third-order valence-electron chi connectivity index (χ3n) is 2.20. The fraction of sp³-hybridized carbons (Fsp3) is 1.00. The van der Waals surface area contributed by atoms with Crippen molar-refractivity contribution in [2.45, 2.75) is 40.0 Å². The van der Waals surface area contributed by atoms with E-state index in [2.05, 4.69) is 31.0 Å². The molecule has 0 aromatic rings. The van der Waals surface area contributed by atoms with Gasteiger partial charge in [-0.3, -0.25) is 0 Å². The molecule has 0 radical (unpaired) electrons. The van der Waals surface area contributed by atoms with Gasteiger partial charge in [0.15, 0.2) is 0 Å². The summed E-state index contributed by atoms with van der Waals surface area (Å²) in [6.07, 6.45) is 3.88. The molecule has 0 bridgehead atoms. The summed E-state index contributed by atoms with van der Waals surface area (Å²) in [7, 11) is 0. The van der Waals surface area contributed by atoms with Gasteiger partial charge in [-0.05, 0) is 38.9 Å². The zero-order valence-electron chi connectivity index (χ0n) is 11.9. The van der Waals surface area contributed by atoms with Gasteiger partial charge in [-0.2, -0.15) is 0 Å². The smallest absolute Gasteiger partial charge is 0.0555 e. The summed E-state index contributed by atoms with van der Waals surface area (Å²) in [6, 6.07) is 0. The second-order valence-corrected chi connectivity index (χ2v) is 4.04. The van der Waals surface area contributed by atoms with E-state index in [0.29, 0.717) is 13.1 Å². The third-order valence-corrected chi connectivity index (χ3v) is 2.20. The van der Waals surface area contributed by atoms with Crippen molar-refractivity contribution in [2.75, 3.05) is 45.9 Å². The highest BCUT2D eigenvalue weighted by Crippen LogP contribution is 1.94. The molecule has 0 aromatic heterocycles. The van der Waals surface area contributed by atoms with Crippen LogP contribution in [0, 0.1) is 0 Å². The van der Waals surface area contributed by atoms with Gasteiger partial charge >= 0.3 is 0 Å². The molecule has 4 heteroatoms. The van der Waals surface area contributed by atoms with Crippen molar-refractivity contribution in [1.29, 1.82) is 0 Å². The lowest BCUT2D eigenvalue weighted by molar-refractivity contribution is 0.267. The molecule has 0 aliphatic heterocycles. The Balaban J connectivity index is 0. The molecule has 0 aliphatic rings. The lowest BCUT2D eigenvalue weighted by Gasteiger charge is -2.19. The van der Waals surface area contributed by atoms with E-state index in [1.54, 1.807) is 0 Å². The molecule has 106 valence electrons. The first-order chi connectivity index (χ1) is 8.26. The SMILES string of the molecule is CCCN(CCC)CCC.OCCNCCO. The van der Waals surface area contributed by atoms with E-state index in [0.717, 1.165) is 0 Å². The second kappa shape index (κ2) is 18.2. The average molecular weight is 248 g/mol. The fourth-order valence-corrected chi connectivity index (χ4v) is 1.57. The van der Waals surface area contributed by atoms with Crippen LogP contribution in [-0.2, 0) is 0 Å². The summed E-state index contributed by atoms with van der Waals surface area (Å²) >= 11 is 0. The normalized spacial score (nSPS) is 10.2. The van der Waals surface area contributed by atoms with Crippen molar-refractivity contribution in [3.05, 3.63) is 0 Å². The highest BCUT2D eigenvalue weighted by molar-refractivity contribution is 4.53. The number of aliphatic hydroxyl groups excluding tert-OH is 2. The molecule has 0 fully saturated rings. The first-order valence-corrected chi connectivity index (χ1v) is 6.91. The number of rotatable bonds is 10. The summed E-state index contributed by atoms with van der Waals surface area (Å²) in [5.74, 6) is 0. The standard InChI is InChI=1S/C9H21N.C4H11NO2/c1-4-7-10(8-5-2)9-6-3;6-3-1-5-2-4-7/h4-9H2,1-3H3;5-7H,1-4H2. The minimum absolute atomic E-state index is 0.139. The minimum Gasteiger partial charge on any atom is -0.395 e. The Hall–Kier alpha value is -0.160. The summed E-state index contributed by atoms with van der Waals surface area (Å²) < 4.78 is 0. The maximum atomic E-state index is 8.15. The van der Waals surface area contributed by atoms with E-state index < -0.39 is 0 Å². The molecule has 0 unspecified atom stereocenters. The first kappa shape index (κ1) is 19.2. The maximum Gasteiger partial charge on any atom is 0.0555 e. The van der Waals surface area contributed by atoms with Crippen molar-refractivity contribution in [2.24, 2.45) is 0 Å². The van der Waals surface area contributed by atoms with Crippen LogP contribution in [0.1, 0.15) is 40.0 Å². The summed E-state index contributed by atoms with van der Waals surface area (Å²) in [4.78, 5) is 2.54. The molecule has 0 atom stereocenters. The molecule has 0 amide bonds. The molecule has 17 heavy (non-hydrogen) atoms. The Morgan fingerprint density at radius 2 is 1.12 bits per heavy atom. The number of nitrogens with one attached hydrogen (secondary N) is 1. The molecule has 0 rings (SSSR count). The number of hydrogen-bond donors (Lipinski definition) is 3. The van der Waals surface area contributed by atoms with Gasteiger partial charge in [-0.15, -0.1) is 0 Å². The van der Waals surface area contributed by atoms with Gasteiger partial charge in [0.05, 0.1) is 13.2 Å². The molecule has 0 aromatic carbocycles. The largest absolute Gasteiger partial charge is 0.395 e. The Kier molecular flexibility index (Phi) is 20.6. The van der Waals surface area contributed by atoms with Gasteiger partial charge in [0.1, 0.15) is 0 Å². The van der Waals surface area contributed by atoms with Crippen molar-refractivity contribution in [3.8, 4) is 0 Å². The predicted molar refractivity (Wildman–Crippen MR) is 74.4 cm³/mol. The topological polar surface area (TPSA) is 55.7 Å². The summed E-state index contributed by atoms with van der Waals surface area (Å²) in [5, 5.41) is 19.1. The van der Waals surface area contributed by atoms with Gasteiger partial charge < -0.3 is 20.4 Å². The monoisotopic (exact) mass is 248 g/mol. The van der Waals surface area contributed by atoms with Gasteiger partial charge in [0.2, 0.25) is 0 Å². The number of hydrogen-bond acceptors (Lipinski definition) is 4. The minimum atomic E-state index is 0.139. The lowest BCUT2D eigenvalue weighted by Crippen LogP contribution is -2.25. The highest BCUT2D eigenvalue weighted by Gasteiger charge is 1.98. The molecule has 0 saturated heterocycles. The van der Waals surface area contributed by atoms with E-state index >= 15 is 0 Å². The Morgan fingerprint density at radius 1 is 0.765 bits per heavy atom. The van der Waals surface area contributed by atoms with Crippen LogP contribution in [0.2, 0.25) is 0 Å². The van der Waals surface area contributed by atoms with Crippen molar-refractivity contribution in [1.82, 2.24) is 10.2 Å². The van der Waals surface area contributed by atoms with Crippen molar-refractivity contribution < 1.29 is 10.2 Å². The molecule has 0 aliphatic carbocycles. The molecule has 0 saturated carbocycles.